The first-order valence-corrected chi connectivity index (χ1v) is 4.68. The van der Waals surface area contributed by atoms with E-state index in [1.165, 1.54) is 0 Å². The molecule has 7 heavy (non-hydrogen) atoms. The first-order valence-electron chi connectivity index (χ1n) is 1.36. The summed E-state index contributed by atoms with van der Waals surface area (Å²) in [6.07, 6.45) is 0. The van der Waals surface area contributed by atoms with Gasteiger partial charge in [0.05, 0.1) is 0 Å². The third-order valence-corrected chi connectivity index (χ3v) is 0. The van der Waals surface area contributed by atoms with Gasteiger partial charge in [-0.2, -0.15) is 14.1 Å². The topological polar surface area (TPSA) is 14.1 Å². The van der Waals surface area contributed by atoms with Gasteiger partial charge in [-0.05, 0) is 0 Å². The van der Waals surface area contributed by atoms with Crippen LogP contribution in [0.15, 0.2) is 0 Å². The van der Waals surface area contributed by atoms with Gasteiger partial charge in [-0.3, -0.25) is 0 Å². The van der Waals surface area contributed by atoms with Crippen LogP contribution in [0.25, 0.3) is 5.32 Å². The number of hydrogen-bond acceptors (Lipinski definition) is 0. The molecular weight excluding hydrogens is 279 g/mol. The first-order chi connectivity index (χ1) is 3.15. The van der Waals surface area contributed by atoms with E-state index in [-0.39, 0.29) is 0 Å². The molecule has 0 atom stereocenters. The number of hydrogen-bond donors (Lipinski definition) is 0. The molecule has 1 nitrogen and oxygen atoms in total. The van der Waals surface area contributed by atoms with Gasteiger partial charge in [-0.15, -0.1) is 0 Å². The molecule has 0 fully saturated rings. The van der Waals surface area contributed by atoms with E-state index in [0.717, 1.165) is 0 Å². The van der Waals surface area contributed by atoms with Gasteiger partial charge in [0.15, 0.2) is 0 Å². The zero-order valence-corrected chi connectivity index (χ0v) is 6.92. The van der Waals surface area contributed by atoms with Crippen LogP contribution in [0.5, 0.6) is 0 Å². The minimum atomic E-state index is -5.03. The van der Waals surface area contributed by atoms with Crippen LogP contribution in [0.4, 0.5) is 9.47 Å². The fourth-order valence-electron chi connectivity index (χ4n) is 0. The van der Waals surface area contributed by atoms with Gasteiger partial charge >= 0.3 is 28.4 Å². The molecule has 0 N–H and O–H groups in total. The Morgan fingerprint density at radius 2 is 1.14 bits per heavy atom. The fraction of sp³-hybridized carbons (Fsp3) is 1.00. The predicted octanol–water partition coefficient (Wildman–Crippen LogP) is 1.88. The van der Waals surface area contributed by atoms with Gasteiger partial charge in [0.1, 0.15) is 0 Å². The van der Waals surface area contributed by atoms with Crippen molar-refractivity contribution in [1.29, 1.82) is 0 Å². The molecule has 0 amide bonds. The summed E-state index contributed by atoms with van der Waals surface area (Å²) in [4.78, 5) is 0. The van der Waals surface area contributed by atoms with E-state index in [2.05, 4.69) is 5.32 Å². The number of rotatable bonds is 0. The second-order valence-electron chi connectivity index (χ2n) is 0.622. The van der Waals surface area contributed by atoms with Gasteiger partial charge in [0.25, 0.3) is 0 Å². The van der Waals surface area contributed by atoms with Crippen LogP contribution in [0.1, 0.15) is 0 Å². The Labute approximate surface area is 48.4 Å². The molecule has 47 valence electrons. The molecule has 5 heteroatoms. The summed E-state index contributed by atoms with van der Waals surface area (Å²) >= 11 is -5.03. The van der Waals surface area contributed by atoms with E-state index in [0.29, 0.717) is 0 Å². The van der Waals surface area contributed by atoms with E-state index < -0.39 is 18.9 Å². The Bertz CT molecular complexity index is 24.1. The van der Waals surface area contributed by atoms with Crippen molar-refractivity contribution in [2.24, 2.45) is 0 Å². The molecule has 0 saturated heterocycles. The summed E-state index contributed by atoms with van der Waals surface area (Å²) in [6, 6.07) is 0. The second kappa shape index (κ2) is 9.67. The van der Waals surface area contributed by atoms with Gasteiger partial charge in [0.2, 0.25) is 0 Å². The predicted molar refractivity (Wildman–Crippen MR) is 18.5 cm³/mol. The van der Waals surface area contributed by atoms with Gasteiger partial charge < -0.3 is 5.32 Å². The van der Waals surface area contributed by atoms with E-state index in [1.54, 1.807) is 14.1 Å². The standard InChI is InChI=1S/C2H6N.3FH.W/c1-3-2;;;;/h1-2H3;3*1H;/q-1;;;;+3/p-3. The number of halogens is 3. The molecule has 0 aromatic carbocycles. The Morgan fingerprint density at radius 1 is 1.14 bits per heavy atom. The second-order valence-corrected chi connectivity index (χ2v) is 1.88. The molecule has 0 rings (SSSR count). The monoisotopic (exact) mass is 285 g/mol. The summed E-state index contributed by atoms with van der Waals surface area (Å²) in [5.74, 6) is 0. The first kappa shape index (κ1) is 10.4. The van der Waals surface area contributed by atoms with Crippen LogP contribution in [-0.2, 0) is 18.9 Å². The molecule has 0 bridgehead atoms. The Hall–Kier alpha value is 0.438. The fourth-order valence-corrected chi connectivity index (χ4v) is 0. The van der Waals surface area contributed by atoms with Crippen LogP contribution in [0, 0.1) is 0 Å². The van der Waals surface area contributed by atoms with Crippen LogP contribution in [0.3, 0.4) is 0 Å². The van der Waals surface area contributed by atoms with Crippen LogP contribution >= 0.6 is 0 Å². The zero-order valence-electron chi connectivity index (χ0n) is 3.99. The third-order valence-electron chi connectivity index (χ3n) is 0. The van der Waals surface area contributed by atoms with Crippen LogP contribution < -0.4 is 0 Å². The SMILES string of the molecule is C[N-]C.[F][W]([F])[F]. The molecule has 0 aromatic heterocycles. The Kier molecular flexibility index (Phi) is 14.4. The van der Waals surface area contributed by atoms with Crippen molar-refractivity contribution in [2.75, 3.05) is 14.1 Å². The summed E-state index contributed by atoms with van der Waals surface area (Å²) in [7, 11) is 3.50. The zero-order chi connectivity index (χ0) is 6.28. The third kappa shape index (κ3) is 660. The average Bonchev–Trinajstić information content (AvgIpc) is 1.33. The van der Waals surface area contributed by atoms with Crippen molar-refractivity contribution in [3.63, 3.8) is 0 Å². The van der Waals surface area contributed by atoms with E-state index in [1.807, 2.05) is 0 Å². The maximum atomic E-state index is 9.86. The van der Waals surface area contributed by atoms with Crippen molar-refractivity contribution in [3.05, 3.63) is 5.32 Å². The minimum absolute atomic E-state index is 1.75. The summed E-state index contributed by atoms with van der Waals surface area (Å²) in [6.45, 7) is 0. The molecular formula is C2H6F3NW-. The Balaban J connectivity index is 0. The van der Waals surface area contributed by atoms with E-state index >= 15 is 0 Å². The van der Waals surface area contributed by atoms with Crippen molar-refractivity contribution >= 4 is 0 Å². The molecule has 0 aliphatic carbocycles. The van der Waals surface area contributed by atoms with Gasteiger partial charge in [0, 0.05) is 0 Å². The normalized spacial score (nSPS) is 7.71. The van der Waals surface area contributed by atoms with Crippen molar-refractivity contribution in [3.8, 4) is 0 Å². The quantitative estimate of drug-likeness (QED) is 0.645. The van der Waals surface area contributed by atoms with E-state index in [9.17, 15) is 9.47 Å². The molecule has 0 aliphatic heterocycles. The Morgan fingerprint density at radius 3 is 1.14 bits per heavy atom. The molecule has 0 aromatic rings. The van der Waals surface area contributed by atoms with Crippen molar-refractivity contribution in [2.45, 2.75) is 0 Å². The maximum absolute atomic E-state index is 9.86. The molecule has 0 aliphatic rings. The molecule has 0 radical (unpaired) electrons. The van der Waals surface area contributed by atoms with Crippen LogP contribution in [-0.4, -0.2) is 14.1 Å². The van der Waals surface area contributed by atoms with E-state index in [4.69, 9.17) is 0 Å². The molecule has 0 unspecified atom stereocenters. The average molecular weight is 285 g/mol. The molecule has 0 saturated carbocycles. The molecule has 0 spiro atoms. The van der Waals surface area contributed by atoms with Crippen molar-refractivity contribution < 1.29 is 28.4 Å². The van der Waals surface area contributed by atoms with Crippen LogP contribution in [0.2, 0.25) is 0 Å². The van der Waals surface area contributed by atoms with Gasteiger partial charge in [-0.25, -0.2) is 0 Å². The van der Waals surface area contributed by atoms with Gasteiger partial charge in [-0.1, -0.05) is 0 Å². The summed E-state index contributed by atoms with van der Waals surface area (Å²) in [5.41, 5.74) is 0. The van der Waals surface area contributed by atoms with Crippen molar-refractivity contribution in [1.82, 2.24) is 0 Å². The number of nitrogens with zero attached hydrogens (tertiary/aromatic N) is 1. The summed E-state index contributed by atoms with van der Waals surface area (Å²) in [5, 5.41) is 3.50. The summed E-state index contributed by atoms with van der Waals surface area (Å²) < 4.78 is 29.6. The molecule has 0 heterocycles.